The topological polar surface area (TPSA) is 116 Å². The first-order valence-electron chi connectivity index (χ1n) is 13.5. The van der Waals surface area contributed by atoms with Gasteiger partial charge in [-0.15, -0.1) is 0 Å². The van der Waals surface area contributed by atoms with Crippen LogP contribution in [0.2, 0.25) is 0 Å². The average molecular weight is 527 g/mol. The number of rotatable bonds is 11. The van der Waals surface area contributed by atoms with E-state index in [1.807, 2.05) is 65.6 Å². The fraction of sp³-hybridized carbons (Fsp3) is 0.323. The minimum atomic E-state index is -0.110. The molecule has 1 aliphatic carbocycles. The molecular formula is C31H38N6O2. The van der Waals surface area contributed by atoms with Crippen LogP contribution in [-0.4, -0.2) is 54.1 Å². The van der Waals surface area contributed by atoms with Gasteiger partial charge in [-0.05, 0) is 68.8 Å². The second-order valence-electron chi connectivity index (χ2n) is 9.86. The summed E-state index contributed by atoms with van der Waals surface area (Å²) in [5.41, 5.74) is 8.15. The summed E-state index contributed by atoms with van der Waals surface area (Å²) in [4.78, 5) is 19.4. The first kappa shape index (κ1) is 27.9. The fourth-order valence-corrected chi connectivity index (χ4v) is 4.57. The maximum atomic E-state index is 12.7. The van der Waals surface area contributed by atoms with Gasteiger partial charge in [-0.25, -0.2) is 0 Å². The van der Waals surface area contributed by atoms with Gasteiger partial charge in [0.2, 0.25) is 5.91 Å². The lowest BCUT2D eigenvalue weighted by Gasteiger charge is -2.25. The van der Waals surface area contributed by atoms with Crippen LogP contribution in [0.5, 0.6) is 11.5 Å². The summed E-state index contributed by atoms with van der Waals surface area (Å²) in [5, 5.41) is 15.4. The Bertz CT molecular complexity index is 1240. The Morgan fingerprint density at radius 3 is 2.51 bits per heavy atom. The molecule has 1 saturated carbocycles. The Kier molecular flexibility index (Phi) is 9.69. The first-order valence-corrected chi connectivity index (χ1v) is 13.5. The number of aliphatic imine (C=N–C) groups is 1. The van der Waals surface area contributed by atoms with E-state index in [2.05, 4.69) is 17.2 Å². The van der Waals surface area contributed by atoms with E-state index >= 15 is 0 Å². The largest absolute Gasteiger partial charge is 0.457 e. The molecule has 4 rings (SSSR count). The van der Waals surface area contributed by atoms with Gasteiger partial charge in [0.15, 0.2) is 0 Å². The Hall–Kier alpha value is -4.17. The minimum absolute atomic E-state index is 0.00216. The summed E-state index contributed by atoms with van der Waals surface area (Å²) >= 11 is 0. The molecule has 0 bridgehead atoms. The van der Waals surface area contributed by atoms with Gasteiger partial charge in [-0.2, -0.15) is 0 Å². The minimum Gasteiger partial charge on any atom is -0.457 e. The molecule has 0 aromatic heterocycles. The third-order valence-electron chi connectivity index (χ3n) is 6.92. The van der Waals surface area contributed by atoms with Crippen LogP contribution in [0.3, 0.4) is 0 Å². The highest BCUT2D eigenvalue weighted by Crippen LogP contribution is 2.23. The maximum Gasteiger partial charge on any atom is 0.246 e. The molecule has 0 spiro atoms. The Labute approximate surface area is 230 Å². The average Bonchev–Trinajstić information content (AvgIpc) is 3.37. The molecule has 5 N–H and O–H groups in total. The van der Waals surface area contributed by atoms with Crippen LogP contribution in [0.4, 0.5) is 0 Å². The van der Waals surface area contributed by atoms with Crippen molar-refractivity contribution < 1.29 is 9.53 Å². The van der Waals surface area contributed by atoms with E-state index < -0.39 is 0 Å². The highest BCUT2D eigenvalue weighted by Gasteiger charge is 2.26. The number of para-hydroxylation sites is 1. The molecule has 1 heterocycles. The molecule has 1 saturated heterocycles. The zero-order chi connectivity index (χ0) is 27.6. The van der Waals surface area contributed by atoms with Crippen LogP contribution in [0.1, 0.15) is 38.2 Å². The molecule has 1 aliphatic heterocycles. The number of nitrogens with zero attached hydrogens (tertiary/aromatic N) is 2. The highest BCUT2D eigenvalue weighted by atomic mass is 16.5. The monoisotopic (exact) mass is 526 g/mol. The molecule has 2 aromatic carbocycles. The van der Waals surface area contributed by atoms with Crippen LogP contribution >= 0.6 is 0 Å². The fourth-order valence-electron chi connectivity index (χ4n) is 4.57. The Balaban J connectivity index is 1.41. The Morgan fingerprint density at radius 2 is 1.87 bits per heavy atom. The number of amides is 1. The van der Waals surface area contributed by atoms with Crippen molar-refractivity contribution in [2.24, 2.45) is 10.7 Å². The molecule has 204 valence electrons. The van der Waals surface area contributed by atoms with E-state index in [1.165, 1.54) is 25.5 Å². The molecule has 1 amide bonds. The molecule has 2 fully saturated rings. The lowest BCUT2D eigenvalue weighted by atomic mass is 9.93. The lowest BCUT2D eigenvalue weighted by Crippen LogP contribution is -2.35. The highest BCUT2D eigenvalue weighted by molar-refractivity contribution is 6.29. The summed E-state index contributed by atoms with van der Waals surface area (Å²) < 4.78 is 5.88. The summed E-state index contributed by atoms with van der Waals surface area (Å²) in [7, 11) is 0. The van der Waals surface area contributed by atoms with Gasteiger partial charge in [-0.1, -0.05) is 37.3 Å². The van der Waals surface area contributed by atoms with Crippen LogP contribution in [-0.2, 0) is 4.79 Å². The van der Waals surface area contributed by atoms with E-state index in [4.69, 9.17) is 20.9 Å². The number of likely N-dealkylation sites (tertiary alicyclic amines) is 1. The van der Waals surface area contributed by atoms with Gasteiger partial charge in [0, 0.05) is 43.0 Å². The van der Waals surface area contributed by atoms with Crippen molar-refractivity contribution >= 4 is 17.5 Å². The number of hydrogen-bond acceptors (Lipinski definition) is 6. The summed E-state index contributed by atoms with van der Waals surface area (Å²) in [6.07, 6.45) is 9.54. The van der Waals surface area contributed by atoms with Crippen molar-refractivity contribution in [2.75, 3.05) is 19.6 Å². The summed E-state index contributed by atoms with van der Waals surface area (Å²) in [6, 6.07) is 17.3. The zero-order valence-electron chi connectivity index (χ0n) is 22.5. The number of hydrogen-bond donors (Lipinski definition) is 4. The van der Waals surface area contributed by atoms with Gasteiger partial charge in [0.05, 0.1) is 17.3 Å². The number of allylic oxidation sites excluding steroid dienone is 1. The van der Waals surface area contributed by atoms with Gasteiger partial charge in [0.1, 0.15) is 17.3 Å². The summed E-state index contributed by atoms with van der Waals surface area (Å²) in [6.45, 7) is 7.40. The van der Waals surface area contributed by atoms with Crippen LogP contribution in [0, 0.1) is 5.41 Å². The Morgan fingerprint density at radius 1 is 1.15 bits per heavy atom. The molecule has 8 heteroatoms. The second kappa shape index (κ2) is 13.6. The van der Waals surface area contributed by atoms with Crippen molar-refractivity contribution in [3.63, 3.8) is 0 Å². The van der Waals surface area contributed by atoms with E-state index in [0.717, 1.165) is 12.2 Å². The van der Waals surface area contributed by atoms with Gasteiger partial charge < -0.3 is 26.0 Å². The van der Waals surface area contributed by atoms with Crippen molar-refractivity contribution in [3.8, 4) is 11.5 Å². The molecule has 8 nitrogen and oxygen atoms in total. The van der Waals surface area contributed by atoms with Crippen molar-refractivity contribution in [3.05, 3.63) is 96.4 Å². The molecule has 0 radical (unpaired) electrons. The van der Waals surface area contributed by atoms with Crippen molar-refractivity contribution in [1.82, 2.24) is 15.5 Å². The molecule has 2 aliphatic rings. The van der Waals surface area contributed by atoms with Crippen molar-refractivity contribution in [2.45, 2.75) is 44.7 Å². The van der Waals surface area contributed by atoms with Crippen LogP contribution < -0.4 is 21.1 Å². The number of nitrogens with one attached hydrogen (secondary N) is 3. The standard InChI is InChI=1S/C31H38N6O2/c1-3-34-31(36-25-18-20-37(21-25)28(38)13-8-19-35-24-9-7-10-24)29(22(2)32)30(33)23-14-16-27(17-15-23)39-26-11-5-4-6-12-26/h3-6,8,11-17,24-25,33,35H,1,7,9-10,18-21,32H2,2H3,(H,34,36)/b13-8+,29-22+,33-30?. The first-order chi connectivity index (χ1) is 18.9. The van der Waals surface area contributed by atoms with E-state index in [-0.39, 0.29) is 17.7 Å². The van der Waals surface area contributed by atoms with Crippen molar-refractivity contribution in [1.29, 1.82) is 5.41 Å². The van der Waals surface area contributed by atoms with E-state index in [0.29, 0.717) is 54.1 Å². The maximum absolute atomic E-state index is 12.7. The number of nitrogens with two attached hydrogens (primary N) is 1. The molecule has 2 aromatic rings. The predicted molar refractivity (Wildman–Crippen MR) is 157 cm³/mol. The van der Waals surface area contributed by atoms with Crippen LogP contribution in [0.15, 0.2) is 95.8 Å². The number of carbonyl (C=O) groups excluding carboxylic acids is 1. The van der Waals surface area contributed by atoms with Gasteiger partial charge >= 0.3 is 0 Å². The smallest absolute Gasteiger partial charge is 0.246 e. The lowest BCUT2D eigenvalue weighted by molar-refractivity contribution is -0.125. The third-order valence-corrected chi connectivity index (χ3v) is 6.92. The van der Waals surface area contributed by atoms with Gasteiger partial charge in [-0.3, -0.25) is 15.2 Å². The SMILES string of the molecule is C=CNC(=NC1CCN(C(=O)/C=C/CNC2CCC2)C1)/C(C(=N)c1ccc(Oc2ccccc2)cc1)=C(\C)N. The third kappa shape index (κ3) is 7.67. The molecule has 39 heavy (non-hydrogen) atoms. The number of carbonyl (C=O) groups is 1. The van der Waals surface area contributed by atoms with E-state index in [9.17, 15) is 4.79 Å². The number of benzene rings is 2. The molecule has 1 atom stereocenters. The number of ether oxygens (including phenoxy) is 1. The second-order valence-corrected chi connectivity index (χ2v) is 9.86. The zero-order valence-corrected chi connectivity index (χ0v) is 22.5. The molecule has 1 unspecified atom stereocenters. The normalized spacial score (nSPS) is 18.4. The van der Waals surface area contributed by atoms with E-state index in [1.54, 1.807) is 13.0 Å². The number of amidine groups is 1. The quantitative estimate of drug-likeness (QED) is 0.195. The summed E-state index contributed by atoms with van der Waals surface area (Å²) in [5.74, 6) is 1.89. The molecular weight excluding hydrogens is 488 g/mol. The predicted octanol–water partition coefficient (Wildman–Crippen LogP) is 4.51. The van der Waals surface area contributed by atoms with Gasteiger partial charge in [0.25, 0.3) is 0 Å². The van der Waals surface area contributed by atoms with Crippen LogP contribution in [0.25, 0.3) is 0 Å².